The normalized spacial score (nSPS) is 14.7. The summed E-state index contributed by atoms with van der Waals surface area (Å²) in [6.45, 7) is 2.10. The number of rotatable bonds is 7. The van der Waals surface area contributed by atoms with Crippen molar-refractivity contribution < 1.29 is 29.0 Å². The van der Waals surface area contributed by atoms with Gasteiger partial charge in [0, 0.05) is 17.9 Å². The number of hydrogen-bond acceptors (Lipinski definition) is 4. The van der Waals surface area contributed by atoms with E-state index in [-0.39, 0.29) is 17.8 Å². The third-order valence-corrected chi connectivity index (χ3v) is 3.14. The highest BCUT2D eigenvalue weighted by Gasteiger charge is 2.30. The van der Waals surface area contributed by atoms with Crippen LogP contribution in [0.3, 0.4) is 0 Å². The van der Waals surface area contributed by atoms with Gasteiger partial charge >= 0.3 is 5.97 Å². The molecule has 0 spiro atoms. The number of amides is 1. The molecule has 0 aliphatic rings. The first-order valence-corrected chi connectivity index (χ1v) is 6.65. The van der Waals surface area contributed by atoms with Crippen molar-refractivity contribution in [1.82, 2.24) is 5.32 Å². The topological polar surface area (TPSA) is 104 Å². The number of carbonyl (C=O) groups excluding carboxylic acids is 2. The van der Waals surface area contributed by atoms with E-state index in [1.807, 2.05) is 0 Å². The van der Waals surface area contributed by atoms with Gasteiger partial charge in [-0.2, -0.15) is 0 Å². The van der Waals surface area contributed by atoms with Gasteiger partial charge in [-0.1, -0.05) is 19.1 Å². The lowest BCUT2D eigenvalue weighted by Crippen LogP contribution is -2.46. The lowest BCUT2D eigenvalue weighted by atomic mass is 9.96. The number of carbonyl (C=O) groups is 3. The fraction of sp³-hybridized carbons (Fsp3) is 0.400. The van der Waals surface area contributed by atoms with Gasteiger partial charge in [0.15, 0.2) is 11.4 Å². The Hall–Kier alpha value is -2.28. The zero-order valence-corrected chi connectivity index (χ0v) is 12.3. The molecule has 6 nitrogen and oxygen atoms in total. The van der Waals surface area contributed by atoms with Gasteiger partial charge in [0.25, 0.3) is 0 Å². The smallest absolute Gasteiger partial charge is 0.337 e. The molecule has 0 aromatic heterocycles. The molecule has 1 aromatic rings. The highest BCUT2D eigenvalue weighted by Crippen LogP contribution is 2.13. The van der Waals surface area contributed by atoms with Crippen molar-refractivity contribution in [1.29, 1.82) is 0 Å². The van der Waals surface area contributed by atoms with Crippen LogP contribution in [0.5, 0.6) is 0 Å². The number of nitrogens with one attached hydrogen (secondary N) is 1. The molecular weight excluding hydrogens is 293 g/mol. The van der Waals surface area contributed by atoms with E-state index in [1.54, 1.807) is 0 Å². The maximum Gasteiger partial charge on any atom is 0.337 e. The predicted molar refractivity (Wildman–Crippen MR) is 75.8 cm³/mol. The van der Waals surface area contributed by atoms with Crippen molar-refractivity contribution in [2.24, 2.45) is 5.92 Å². The number of carboxylic acids is 1. The van der Waals surface area contributed by atoms with E-state index in [9.17, 15) is 23.9 Å². The third-order valence-electron chi connectivity index (χ3n) is 3.14. The summed E-state index contributed by atoms with van der Waals surface area (Å²) in [6, 6.07) is 5.16. The monoisotopic (exact) mass is 311 g/mol. The summed E-state index contributed by atoms with van der Waals surface area (Å²) in [5, 5.41) is 20.4. The van der Waals surface area contributed by atoms with E-state index >= 15 is 0 Å². The maximum atomic E-state index is 13.1. The second kappa shape index (κ2) is 7.13. The molecule has 0 aliphatic heterocycles. The van der Waals surface area contributed by atoms with Gasteiger partial charge in [0.05, 0.1) is 6.54 Å². The van der Waals surface area contributed by atoms with Crippen LogP contribution in [0, 0.1) is 11.7 Å². The number of ketones is 1. The van der Waals surface area contributed by atoms with E-state index in [1.165, 1.54) is 25.1 Å². The Kier molecular flexibility index (Phi) is 5.76. The van der Waals surface area contributed by atoms with Crippen LogP contribution in [0.2, 0.25) is 0 Å². The van der Waals surface area contributed by atoms with Gasteiger partial charge in [-0.25, -0.2) is 9.18 Å². The summed E-state index contributed by atoms with van der Waals surface area (Å²) in [4.78, 5) is 34.4. The van der Waals surface area contributed by atoms with Gasteiger partial charge in [-0.3, -0.25) is 9.59 Å². The average molecular weight is 311 g/mol. The number of halogens is 1. The van der Waals surface area contributed by atoms with E-state index < -0.39 is 35.8 Å². The summed E-state index contributed by atoms with van der Waals surface area (Å²) in [5.74, 6) is -3.66. The molecule has 0 radical (unpaired) electrons. The minimum Gasteiger partial charge on any atom is -0.479 e. The van der Waals surface area contributed by atoms with Gasteiger partial charge in [0.1, 0.15) is 5.82 Å². The van der Waals surface area contributed by atoms with Crippen molar-refractivity contribution in [3.05, 3.63) is 35.6 Å². The van der Waals surface area contributed by atoms with Crippen molar-refractivity contribution in [3.8, 4) is 0 Å². The van der Waals surface area contributed by atoms with Crippen LogP contribution < -0.4 is 5.32 Å². The van der Waals surface area contributed by atoms with Gasteiger partial charge < -0.3 is 15.5 Å². The van der Waals surface area contributed by atoms with Crippen LogP contribution in [0.1, 0.15) is 30.6 Å². The van der Waals surface area contributed by atoms with Crippen molar-refractivity contribution in [3.63, 3.8) is 0 Å². The molecule has 1 amide bonds. The second-order valence-corrected chi connectivity index (χ2v) is 5.34. The summed E-state index contributed by atoms with van der Waals surface area (Å²) in [5.41, 5.74) is -1.91. The number of aliphatic hydroxyl groups is 1. The number of Topliss-reactive ketones (excluding diaryl/α,β-unsaturated/α-hetero) is 1. The second-order valence-electron chi connectivity index (χ2n) is 5.34. The Morgan fingerprint density at radius 3 is 2.55 bits per heavy atom. The number of benzene rings is 1. The SMILES string of the molecule is CC(CC(=O)NCC(C)(O)C(=O)O)C(=O)c1cccc(F)c1. The minimum absolute atomic E-state index is 0.165. The highest BCUT2D eigenvalue weighted by molar-refractivity contribution is 5.99. The van der Waals surface area contributed by atoms with Crippen LogP contribution in [0.4, 0.5) is 4.39 Å². The molecule has 0 saturated heterocycles. The minimum atomic E-state index is -2.08. The number of aliphatic carboxylic acids is 1. The van der Waals surface area contributed by atoms with Crippen molar-refractivity contribution in [2.75, 3.05) is 6.54 Å². The van der Waals surface area contributed by atoms with E-state index in [4.69, 9.17) is 5.11 Å². The Morgan fingerprint density at radius 1 is 1.36 bits per heavy atom. The van der Waals surface area contributed by atoms with E-state index in [2.05, 4.69) is 5.32 Å². The van der Waals surface area contributed by atoms with Gasteiger partial charge in [0.2, 0.25) is 5.91 Å². The highest BCUT2D eigenvalue weighted by atomic mass is 19.1. The van der Waals surface area contributed by atoms with Crippen molar-refractivity contribution in [2.45, 2.75) is 25.9 Å². The zero-order valence-electron chi connectivity index (χ0n) is 12.3. The summed E-state index contributed by atoms with van der Waals surface area (Å²) >= 11 is 0. The molecule has 2 atom stereocenters. The molecule has 0 fully saturated rings. The number of carboxylic acid groups (broad SMARTS) is 1. The van der Waals surface area contributed by atoms with Crippen LogP contribution in [-0.2, 0) is 9.59 Å². The molecule has 1 aromatic carbocycles. The molecule has 2 unspecified atom stereocenters. The molecular formula is C15H18FNO5. The lowest BCUT2D eigenvalue weighted by molar-refractivity contribution is -0.156. The van der Waals surface area contributed by atoms with Crippen LogP contribution in [0.15, 0.2) is 24.3 Å². The average Bonchev–Trinajstić information content (AvgIpc) is 2.44. The third kappa shape index (κ3) is 4.92. The molecule has 0 heterocycles. The van der Waals surface area contributed by atoms with Crippen LogP contribution in [-0.4, -0.2) is 40.0 Å². The summed E-state index contributed by atoms with van der Waals surface area (Å²) in [7, 11) is 0. The Labute approximate surface area is 127 Å². The molecule has 0 bridgehead atoms. The molecule has 3 N–H and O–H groups in total. The first-order valence-electron chi connectivity index (χ1n) is 6.65. The Bertz CT molecular complexity index is 585. The fourth-order valence-corrected chi connectivity index (χ4v) is 1.72. The quantitative estimate of drug-likeness (QED) is 0.651. The standard InChI is InChI=1S/C15H18FNO5/c1-9(13(19)10-4-3-5-11(16)7-10)6-12(18)17-8-15(2,22)14(20)21/h3-5,7,9,22H,6,8H2,1-2H3,(H,17,18)(H,20,21). The first-order chi connectivity index (χ1) is 10.1. The molecule has 1 rings (SSSR count). The molecule has 7 heteroatoms. The maximum absolute atomic E-state index is 13.1. The molecule has 0 saturated carbocycles. The predicted octanol–water partition coefficient (Wildman–Crippen LogP) is 0.986. The van der Waals surface area contributed by atoms with Crippen molar-refractivity contribution >= 4 is 17.7 Å². The van der Waals surface area contributed by atoms with Gasteiger partial charge in [-0.15, -0.1) is 0 Å². The van der Waals surface area contributed by atoms with E-state index in [0.29, 0.717) is 0 Å². The van der Waals surface area contributed by atoms with Crippen LogP contribution >= 0.6 is 0 Å². The largest absolute Gasteiger partial charge is 0.479 e. The molecule has 22 heavy (non-hydrogen) atoms. The number of hydrogen-bond donors (Lipinski definition) is 3. The Morgan fingerprint density at radius 2 is 2.00 bits per heavy atom. The van der Waals surface area contributed by atoms with E-state index in [0.717, 1.165) is 13.0 Å². The lowest BCUT2D eigenvalue weighted by Gasteiger charge is -2.19. The van der Waals surface area contributed by atoms with Crippen LogP contribution in [0.25, 0.3) is 0 Å². The summed E-state index contributed by atoms with van der Waals surface area (Å²) < 4.78 is 13.1. The fourth-order valence-electron chi connectivity index (χ4n) is 1.72. The molecule has 120 valence electrons. The zero-order chi connectivity index (χ0) is 16.9. The first kappa shape index (κ1) is 17.8. The Balaban J connectivity index is 2.57. The van der Waals surface area contributed by atoms with Gasteiger partial charge in [-0.05, 0) is 19.1 Å². The summed E-state index contributed by atoms with van der Waals surface area (Å²) in [6.07, 6.45) is -0.189. The molecule has 0 aliphatic carbocycles.